The van der Waals surface area contributed by atoms with Crippen molar-refractivity contribution in [3.05, 3.63) is 66.4 Å². The van der Waals surface area contributed by atoms with Crippen LogP contribution in [0.1, 0.15) is 37.6 Å². The topological polar surface area (TPSA) is 111 Å². The molecule has 2 aromatic heterocycles. The Labute approximate surface area is 205 Å². The lowest BCUT2D eigenvalue weighted by Crippen LogP contribution is -2.43. The Morgan fingerprint density at radius 2 is 1.86 bits per heavy atom. The number of anilines is 1. The largest absolute Gasteiger partial charge is 0.497 e. The predicted octanol–water partition coefficient (Wildman–Crippen LogP) is 4.02. The fraction of sp³-hybridized carbons (Fsp3) is 0.320. The molecule has 0 aliphatic carbocycles. The van der Waals surface area contributed by atoms with Crippen molar-refractivity contribution in [2.75, 3.05) is 18.6 Å². The Kier molecular flexibility index (Phi) is 6.66. The van der Waals surface area contributed by atoms with Crippen molar-refractivity contribution < 1.29 is 22.7 Å². The predicted molar refractivity (Wildman–Crippen MR) is 131 cm³/mol. The molecule has 1 amide bonds. The Balaban J connectivity index is 1.57. The van der Waals surface area contributed by atoms with Crippen LogP contribution in [-0.4, -0.2) is 43.5 Å². The highest BCUT2D eigenvalue weighted by molar-refractivity contribution is 7.90. The maximum Gasteiger partial charge on any atom is 0.281 e. The number of nitrogens with one attached hydrogen (secondary N) is 1. The molecule has 0 bridgehead atoms. The minimum absolute atomic E-state index is 0.0587. The number of benzene rings is 1. The summed E-state index contributed by atoms with van der Waals surface area (Å²) in [6.45, 7) is 7.06. The van der Waals surface area contributed by atoms with E-state index in [9.17, 15) is 13.2 Å². The number of carbonyl (C=O) groups excluding carboxylic acids is 1. The first-order valence-corrected chi connectivity index (χ1v) is 12.7. The number of methoxy groups -OCH3 is 1. The first-order valence-electron chi connectivity index (χ1n) is 11.2. The third kappa shape index (κ3) is 5.07. The van der Waals surface area contributed by atoms with Crippen LogP contribution >= 0.6 is 0 Å². The van der Waals surface area contributed by atoms with Gasteiger partial charge in [-0.1, -0.05) is 19.1 Å². The summed E-state index contributed by atoms with van der Waals surface area (Å²) in [7, 11) is -2.74. The Bertz CT molecular complexity index is 1340. The number of rotatable bonds is 7. The molecule has 1 unspecified atom stereocenters. The van der Waals surface area contributed by atoms with Crippen molar-refractivity contribution in [1.29, 1.82) is 0 Å². The lowest BCUT2D eigenvalue weighted by atomic mass is 9.90. The van der Waals surface area contributed by atoms with Gasteiger partial charge in [0.1, 0.15) is 17.3 Å². The number of hydrogen-bond acceptors (Lipinski definition) is 8. The van der Waals surface area contributed by atoms with E-state index in [2.05, 4.69) is 40.4 Å². The molecule has 0 spiro atoms. The van der Waals surface area contributed by atoms with Crippen LogP contribution in [0.25, 0.3) is 0 Å². The summed E-state index contributed by atoms with van der Waals surface area (Å²) in [5, 5.41) is -0.341. The smallest absolute Gasteiger partial charge is 0.281 e. The fourth-order valence-electron chi connectivity index (χ4n) is 4.02. The second-order valence-corrected chi connectivity index (χ2v) is 10.5. The SMILES string of the molecule is COc1cccc(Oc2cccc(S(=O)(=O)NC(=O)c3cccnc3N3CCC(C)C3(C)C)n2)c1. The molecule has 0 radical (unpaired) electrons. The number of sulfonamides is 1. The number of nitrogens with zero attached hydrogens (tertiary/aromatic N) is 3. The molecule has 1 aliphatic rings. The van der Waals surface area contributed by atoms with E-state index in [-0.39, 0.29) is 22.0 Å². The molecule has 1 aliphatic heterocycles. The molecule has 3 heterocycles. The first kappa shape index (κ1) is 24.5. The molecule has 184 valence electrons. The van der Waals surface area contributed by atoms with E-state index in [1.165, 1.54) is 25.3 Å². The van der Waals surface area contributed by atoms with Gasteiger partial charge in [-0.05, 0) is 56.5 Å². The number of pyridine rings is 2. The van der Waals surface area contributed by atoms with Crippen LogP contribution in [0.15, 0.2) is 65.8 Å². The summed E-state index contributed by atoms with van der Waals surface area (Å²) in [6.07, 6.45) is 2.55. The van der Waals surface area contributed by atoms with Gasteiger partial charge in [-0.25, -0.2) is 9.71 Å². The van der Waals surface area contributed by atoms with Crippen molar-refractivity contribution in [3.63, 3.8) is 0 Å². The molecule has 9 nitrogen and oxygen atoms in total. The van der Waals surface area contributed by atoms with Crippen LogP contribution in [0.4, 0.5) is 5.82 Å². The zero-order chi connectivity index (χ0) is 25.2. The minimum atomic E-state index is -4.28. The molecule has 1 atom stereocenters. The van der Waals surface area contributed by atoms with Crippen molar-refractivity contribution in [1.82, 2.24) is 14.7 Å². The first-order chi connectivity index (χ1) is 16.6. The van der Waals surface area contributed by atoms with Crippen molar-refractivity contribution in [2.24, 2.45) is 5.92 Å². The third-order valence-electron chi connectivity index (χ3n) is 6.44. The highest BCUT2D eigenvalue weighted by Crippen LogP contribution is 2.38. The number of hydrogen-bond donors (Lipinski definition) is 1. The van der Waals surface area contributed by atoms with E-state index in [1.807, 2.05) is 0 Å². The van der Waals surface area contributed by atoms with Gasteiger partial charge in [0.05, 0.1) is 12.7 Å². The highest BCUT2D eigenvalue weighted by atomic mass is 32.2. The normalized spacial score (nSPS) is 17.1. The molecule has 35 heavy (non-hydrogen) atoms. The lowest BCUT2D eigenvalue weighted by molar-refractivity contribution is 0.0981. The number of ether oxygens (including phenoxy) is 2. The van der Waals surface area contributed by atoms with E-state index in [1.54, 1.807) is 42.6 Å². The van der Waals surface area contributed by atoms with Crippen molar-refractivity contribution in [3.8, 4) is 17.4 Å². The second-order valence-electron chi connectivity index (χ2n) is 8.90. The zero-order valence-electron chi connectivity index (χ0n) is 20.1. The van der Waals surface area contributed by atoms with Gasteiger partial charge in [-0.3, -0.25) is 4.79 Å². The maximum atomic E-state index is 13.1. The maximum absolute atomic E-state index is 13.1. The second kappa shape index (κ2) is 9.53. The Hall–Kier alpha value is -3.66. The zero-order valence-corrected chi connectivity index (χ0v) is 20.9. The minimum Gasteiger partial charge on any atom is -0.497 e. The number of aromatic nitrogens is 2. The molecular formula is C25H28N4O5S. The molecule has 1 N–H and O–H groups in total. The van der Waals surface area contributed by atoms with Crippen LogP contribution in [0.5, 0.6) is 17.4 Å². The third-order valence-corrected chi connectivity index (χ3v) is 7.67. The van der Waals surface area contributed by atoms with Gasteiger partial charge in [-0.15, -0.1) is 0 Å². The molecule has 1 fully saturated rings. The van der Waals surface area contributed by atoms with Gasteiger partial charge in [0, 0.05) is 30.4 Å². The molecule has 10 heteroatoms. The highest BCUT2D eigenvalue weighted by Gasteiger charge is 2.40. The van der Waals surface area contributed by atoms with E-state index < -0.39 is 15.9 Å². The molecular weight excluding hydrogens is 468 g/mol. The van der Waals surface area contributed by atoms with Crippen LogP contribution in [0.2, 0.25) is 0 Å². The van der Waals surface area contributed by atoms with E-state index in [4.69, 9.17) is 9.47 Å². The van der Waals surface area contributed by atoms with Gasteiger partial charge in [0.2, 0.25) is 5.88 Å². The molecule has 4 rings (SSSR count). The average Bonchev–Trinajstić information content (AvgIpc) is 3.11. The van der Waals surface area contributed by atoms with Crippen LogP contribution in [0.3, 0.4) is 0 Å². The molecule has 0 saturated carbocycles. The van der Waals surface area contributed by atoms with Gasteiger partial charge < -0.3 is 14.4 Å². The van der Waals surface area contributed by atoms with Crippen molar-refractivity contribution in [2.45, 2.75) is 37.8 Å². The molecule has 1 saturated heterocycles. The van der Waals surface area contributed by atoms with Crippen molar-refractivity contribution >= 4 is 21.7 Å². The number of amides is 1. The van der Waals surface area contributed by atoms with E-state index >= 15 is 0 Å². The van der Waals surface area contributed by atoms with Gasteiger partial charge in [0.15, 0.2) is 5.03 Å². The Morgan fingerprint density at radius 3 is 2.57 bits per heavy atom. The quantitative estimate of drug-likeness (QED) is 0.522. The summed E-state index contributed by atoms with van der Waals surface area (Å²) in [5.41, 5.74) is -0.0441. The number of carbonyl (C=O) groups is 1. The summed E-state index contributed by atoms with van der Waals surface area (Å²) < 4.78 is 39.0. The summed E-state index contributed by atoms with van der Waals surface area (Å²) >= 11 is 0. The fourth-order valence-corrected chi connectivity index (χ4v) is 4.94. The lowest BCUT2D eigenvalue weighted by Gasteiger charge is -2.36. The van der Waals surface area contributed by atoms with Gasteiger partial charge in [0.25, 0.3) is 15.9 Å². The van der Waals surface area contributed by atoms with Crippen LogP contribution < -0.4 is 19.1 Å². The standard InChI is InChI=1S/C25H28N4O5S/c1-17-13-15-29(25(17,2)3)23-20(10-7-14-26-23)24(30)28-35(31,32)22-12-6-11-21(27-22)34-19-9-5-8-18(16-19)33-4/h5-12,14,16-17H,13,15H2,1-4H3,(H,28,30). The van der Waals surface area contributed by atoms with Crippen LogP contribution in [-0.2, 0) is 10.0 Å². The van der Waals surface area contributed by atoms with Crippen LogP contribution in [0, 0.1) is 5.92 Å². The molecule has 1 aromatic carbocycles. The summed E-state index contributed by atoms with van der Waals surface area (Å²) in [6, 6.07) is 14.3. The summed E-state index contributed by atoms with van der Waals surface area (Å²) in [5.74, 6) is 1.14. The van der Waals surface area contributed by atoms with E-state index in [0.29, 0.717) is 23.2 Å². The molecule has 3 aromatic rings. The van der Waals surface area contributed by atoms with E-state index in [0.717, 1.165) is 13.0 Å². The average molecular weight is 497 g/mol. The Morgan fingerprint density at radius 1 is 1.11 bits per heavy atom. The summed E-state index contributed by atoms with van der Waals surface area (Å²) in [4.78, 5) is 23.7. The van der Waals surface area contributed by atoms with Gasteiger partial charge in [-0.2, -0.15) is 13.4 Å². The monoisotopic (exact) mass is 496 g/mol. The van der Waals surface area contributed by atoms with Gasteiger partial charge >= 0.3 is 0 Å².